The number of aliphatic imine (C=N–C) groups is 1. The van der Waals surface area contributed by atoms with Gasteiger partial charge >= 0.3 is 6.03 Å². The summed E-state index contributed by atoms with van der Waals surface area (Å²) in [5, 5.41) is 12.3. The van der Waals surface area contributed by atoms with E-state index < -0.39 is 23.5 Å². The molecule has 2 unspecified atom stereocenters. The Morgan fingerprint density at radius 2 is 1.92 bits per heavy atom. The van der Waals surface area contributed by atoms with Gasteiger partial charge in [-0.2, -0.15) is 0 Å². The highest BCUT2D eigenvalue weighted by molar-refractivity contribution is 6.16. The molecule has 10 nitrogen and oxygen atoms in total. The van der Waals surface area contributed by atoms with Crippen molar-refractivity contribution in [3.05, 3.63) is 59.7 Å². The van der Waals surface area contributed by atoms with Crippen molar-refractivity contribution in [3.8, 4) is 0 Å². The van der Waals surface area contributed by atoms with E-state index in [0.717, 1.165) is 24.2 Å². The van der Waals surface area contributed by atoms with Crippen LogP contribution in [-0.2, 0) is 16.1 Å². The topological polar surface area (TPSA) is 141 Å². The number of nitrogens with two attached hydrogens (primary N) is 1. The van der Waals surface area contributed by atoms with Crippen LogP contribution in [0.3, 0.4) is 0 Å². The first-order chi connectivity index (χ1) is 17.7. The van der Waals surface area contributed by atoms with Gasteiger partial charge in [0.25, 0.3) is 5.91 Å². The second-order valence-corrected chi connectivity index (χ2v) is 10.2. The first-order valence-corrected chi connectivity index (χ1v) is 12.5. The van der Waals surface area contributed by atoms with Crippen LogP contribution in [0.1, 0.15) is 31.9 Å². The Morgan fingerprint density at radius 1 is 1.14 bits per heavy atom. The molecule has 10 heteroatoms. The Labute approximate surface area is 217 Å². The number of ketones is 1. The molecule has 0 bridgehead atoms. The molecule has 4 rings (SSSR count). The van der Waals surface area contributed by atoms with Gasteiger partial charge < -0.3 is 31.9 Å². The standard InChI is InChI=1S/C27H35N7O3/c1-27(2,3)22(35)16-34-21-10-5-4-9-19(21)23(20-15-29-11-12-30-20)32-24(25(34)36)33-26(37)31-18-8-6-7-17(13-18)14-28/h4-10,13,20,24,29-30H,11-12,14-16,28H2,1-3H3,(H2,31,33,37). The van der Waals surface area contributed by atoms with E-state index in [1.54, 1.807) is 18.2 Å². The van der Waals surface area contributed by atoms with Crippen molar-refractivity contribution in [3.63, 3.8) is 0 Å². The first kappa shape index (κ1) is 26.5. The third-order valence-corrected chi connectivity index (χ3v) is 6.44. The van der Waals surface area contributed by atoms with E-state index in [0.29, 0.717) is 30.2 Å². The highest BCUT2D eigenvalue weighted by atomic mass is 16.2. The average Bonchev–Trinajstić information content (AvgIpc) is 2.99. The van der Waals surface area contributed by atoms with Crippen LogP contribution in [0.15, 0.2) is 53.5 Å². The summed E-state index contributed by atoms with van der Waals surface area (Å²) in [7, 11) is 0. The van der Waals surface area contributed by atoms with Gasteiger partial charge in [0.1, 0.15) is 0 Å². The zero-order valence-electron chi connectivity index (χ0n) is 21.5. The number of piperazine rings is 1. The molecule has 2 aromatic rings. The zero-order chi connectivity index (χ0) is 26.6. The number of benzodiazepines with no additional fused rings is 1. The van der Waals surface area contributed by atoms with Crippen LogP contribution < -0.4 is 31.9 Å². The van der Waals surface area contributed by atoms with Crippen LogP contribution in [0.2, 0.25) is 0 Å². The number of amides is 3. The van der Waals surface area contributed by atoms with Crippen LogP contribution in [0.25, 0.3) is 0 Å². The van der Waals surface area contributed by atoms with E-state index >= 15 is 0 Å². The normalized spacial score (nSPS) is 19.9. The van der Waals surface area contributed by atoms with Crippen molar-refractivity contribution < 1.29 is 14.4 Å². The van der Waals surface area contributed by atoms with Gasteiger partial charge in [-0.25, -0.2) is 4.79 Å². The van der Waals surface area contributed by atoms with Crippen LogP contribution in [0.4, 0.5) is 16.2 Å². The van der Waals surface area contributed by atoms with Crippen molar-refractivity contribution in [2.24, 2.45) is 16.1 Å². The zero-order valence-corrected chi connectivity index (χ0v) is 21.5. The Hall–Kier alpha value is -3.60. The van der Waals surface area contributed by atoms with Crippen molar-refractivity contribution in [2.75, 3.05) is 36.4 Å². The van der Waals surface area contributed by atoms with Crippen LogP contribution in [-0.4, -0.2) is 61.8 Å². The van der Waals surface area contributed by atoms with Crippen molar-refractivity contribution in [1.82, 2.24) is 16.0 Å². The smallest absolute Gasteiger partial charge is 0.321 e. The van der Waals surface area contributed by atoms with E-state index in [1.807, 2.05) is 51.1 Å². The van der Waals surface area contributed by atoms with E-state index in [-0.39, 0.29) is 18.4 Å². The van der Waals surface area contributed by atoms with Gasteiger partial charge in [0.2, 0.25) is 6.17 Å². The van der Waals surface area contributed by atoms with Crippen LogP contribution >= 0.6 is 0 Å². The number of carbonyl (C=O) groups is 3. The number of anilines is 2. The third-order valence-electron chi connectivity index (χ3n) is 6.44. The van der Waals surface area contributed by atoms with Gasteiger partial charge in [0.15, 0.2) is 5.78 Å². The molecule has 3 amide bonds. The third kappa shape index (κ3) is 6.22. The Morgan fingerprint density at radius 3 is 2.62 bits per heavy atom. The molecule has 37 heavy (non-hydrogen) atoms. The summed E-state index contributed by atoms with van der Waals surface area (Å²) in [5.74, 6) is -0.576. The van der Waals surface area contributed by atoms with E-state index in [2.05, 4.69) is 21.3 Å². The van der Waals surface area contributed by atoms with E-state index in [9.17, 15) is 14.4 Å². The summed E-state index contributed by atoms with van der Waals surface area (Å²) in [6.45, 7) is 7.85. The van der Waals surface area contributed by atoms with Crippen LogP contribution in [0, 0.1) is 5.41 Å². The maximum absolute atomic E-state index is 13.9. The molecule has 0 aliphatic carbocycles. The summed E-state index contributed by atoms with van der Waals surface area (Å²) >= 11 is 0. The highest BCUT2D eigenvalue weighted by Crippen LogP contribution is 2.28. The van der Waals surface area contributed by atoms with Gasteiger partial charge in [-0.05, 0) is 23.8 Å². The van der Waals surface area contributed by atoms with Crippen LogP contribution in [0.5, 0.6) is 0 Å². The summed E-state index contributed by atoms with van der Waals surface area (Å²) in [4.78, 5) is 46.1. The SMILES string of the molecule is CC(C)(C)C(=O)CN1C(=O)C(NC(=O)Nc2cccc(CN)c2)N=C(C2CNCCN2)c2ccccc21. The number of urea groups is 1. The molecule has 2 aromatic carbocycles. The number of rotatable bonds is 6. The molecular formula is C27H35N7O3. The number of hydrogen-bond acceptors (Lipinski definition) is 7. The molecule has 2 aliphatic rings. The minimum Gasteiger partial charge on any atom is -0.326 e. The molecular weight excluding hydrogens is 470 g/mol. The summed E-state index contributed by atoms with van der Waals surface area (Å²) < 4.78 is 0. The lowest BCUT2D eigenvalue weighted by atomic mass is 9.90. The second-order valence-electron chi connectivity index (χ2n) is 10.2. The summed E-state index contributed by atoms with van der Waals surface area (Å²) in [6.07, 6.45) is -1.23. The van der Waals surface area contributed by atoms with Gasteiger partial charge in [0.05, 0.1) is 24.0 Å². The molecule has 1 saturated heterocycles. The van der Waals surface area contributed by atoms with Gasteiger partial charge in [-0.15, -0.1) is 0 Å². The molecule has 2 atom stereocenters. The first-order valence-electron chi connectivity index (χ1n) is 12.5. The molecule has 2 aliphatic heterocycles. The molecule has 196 valence electrons. The Bertz CT molecular complexity index is 1200. The monoisotopic (exact) mass is 505 g/mol. The van der Waals surface area contributed by atoms with Gasteiger partial charge in [-0.1, -0.05) is 51.1 Å². The molecule has 0 saturated carbocycles. The number of nitrogens with zero attached hydrogens (tertiary/aromatic N) is 2. The predicted octanol–water partition coefficient (Wildman–Crippen LogP) is 1.61. The Kier molecular flexibility index (Phi) is 8.01. The number of nitrogens with one attached hydrogen (secondary N) is 4. The lowest BCUT2D eigenvalue weighted by molar-refractivity contribution is -0.127. The number of Topliss-reactive ketones (excluding diaryl/α,β-unsaturated/α-hetero) is 1. The minimum atomic E-state index is -1.23. The van der Waals surface area contributed by atoms with Crippen molar-refractivity contribution >= 4 is 34.8 Å². The number of hydrogen-bond donors (Lipinski definition) is 5. The lowest BCUT2D eigenvalue weighted by Gasteiger charge is -2.28. The minimum absolute atomic E-state index is 0.0987. The van der Waals surface area contributed by atoms with E-state index in [1.165, 1.54) is 4.90 Å². The van der Waals surface area contributed by atoms with Crippen molar-refractivity contribution in [1.29, 1.82) is 0 Å². The highest BCUT2D eigenvalue weighted by Gasteiger charge is 2.37. The fourth-order valence-electron chi connectivity index (χ4n) is 4.29. The molecule has 6 N–H and O–H groups in total. The number of para-hydroxylation sites is 1. The molecule has 1 fully saturated rings. The maximum Gasteiger partial charge on any atom is 0.321 e. The number of carbonyl (C=O) groups excluding carboxylic acids is 3. The predicted molar refractivity (Wildman–Crippen MR) is 145 cm³/mol. The quantitative estimate of drug-likeness (QED) is 0.404. The van der Waals surface area contributed by atoms with Gasteiger partial charge in [-0.3, -0.25) is 14.6 Å². The second kappa shape index (κ2) is 11.2. The molecule has 0 aromatic heterocycles. The summed E-state index contributed by atoms with van der Waals surface area (Å²) in [6, 6.07) is 13.8. The fourth-order valence-corrected chi connectivity index (χ4v) is 4.29. The molecule has 0 radical (unpaired) electrons. The van der Waals surface area contributed by atoms with Gasteiger partial charge in [0, 0.05) is 42.8 Å². The molecule has 0 spiro atoms. The fraction of sp³-hybridized carbons (Fsp3) is 0.407. The average molecular weight is 506 g/mol. The lowest BCUT2D eigenvalue weighted by Crippen LogP contribution is -2.53. The largest absolute Gasteiger partial charge is 0.326 e. The number of fused-ring (bicyclic) bond motifs is 1. The molecule has 2 heterocycles. The van der Waals surface area contributed by atoms with E-state index in [4.69, 9.17) is 10.7 Å². The maximum atomic E-state index is 13.9. The van der Waals surface area contributed by atoms with Crippen molar-refractivity contribution in [2.45, 2.75) is 39.5 Å². The Balaban J connectivity index is 1.70. The number of benzene rings is 2. The summed E-state index contributed by atoms with van der Waals surface area (Å²) in [5.41, 5.74) is 8.47.